The molecule has 24 heavy (non-hydrogen) atoms. The van der Waals surface area contributed by atoms with Gasteiger partial charge in [-0.1, -0.05) is 11.6 Å². The second-order valence-corrected chi connectivity index (χ2v) is 7.79. The number of ether oxygens (including phenoxy) is 1. The van der Waals surface area contributed by atoms with E-state index in [1.807, 2.05) is 0 Å². The second kappa shape index (κ2) is 6.91. The molecule has 0 bridgehead atoms. The van der Waals surface area contributed by atoms with Crippen LogP contribution in [0.2, 0.25) is 5.15 Å². The van der Waals surface area contributed by atoms with Gasteiger partial charge in [0.25, 0.3) is 10.0 Å². The number of aryl methyl sites for hydroxylation is 1. The van der Waals surface area contributed by atoms with E-state index < -0.39 is 15.6 Å². The first-order chi connectivity index (χ1) is 11.0. The Labute approximate surface area is 144 Å². The summed E-state index contributed by atoms with van der Waals surface area (Å²) in [4.78, 5) is 7.74. The highest BCUT2D eigenvalue weighted by Crippen LogP contribution is 2.19. The van der Waals surface area contributed by atoms with Crippen molar-refractivity contribution in [2.24, 2.45) is 7.05 Å². The van der Waals surface area contributed by atoms with Crippen LogP contribution in [0.3, 0.4) is 0 Å². The Bertz CT molecular complexity index is 816. The lowest BCUT2D eigenvalue weighted by Crippen LogP contribution is -2.22. The zero-order chi connectivity index (χ0) is 18.0. The molecule has 0 atom stereocenters. The van der Waals surface area contributed by atoms with E-state index in [4.69, 9.17) is 16.3 Å². The van der Waals surface area contributed by atoms with Crippen LogP contribution in [0.25, 0.3) is 0 Å². The number of hydrogen-bond acceptors (Lipinski definition) is 7. The summed E-state index contributed by atoms with van der Waals surface area (Å²) in [5.74, 6) is -0.118. The summed E-state index contributed by atoms with van der Waals surface area (Å²) in [5, 5.41) is 13.5. The predicted molar refractivity (Wildman–Crippen MR) is 87.5 cm³/mol. The molecule has 11 heteroatoms. The Balaban J connectivity index is 2.13. The van der Waals surface area contributed by atoms with Crippen molar-refractivity contribution in [3.05, 3.63) is 23.6 Å². The van der Waals surface area contributed by atoms with Gasteiger partial charge in [-0.15, -0.1) is 0 Å². The molecule has 0 unspecified atom stereocenters. The molecule has 0 aliphatic carbocycles. The van der Waals surface area contributed by atoms with E-state index in [2.05, 4.69) is 19.8 Å². The Kier molecular flexibility index (Phi) is 5.31. The molecule has 2 rings (SSSR count). The van der Waals surface area contributed by atoms with Crippen LogP contribution in [0.1, 0.15) is 20.3 Å². The van der Waals surface area contributed by atoms with E-state index in [1.165, 1.54) is 23.1 Å². The van der Waals surface area contributed by atoms with Gasteiger partial charge in [-0.25, -0.2) is 18.1 Å². The molecule has 0 radical (unpaired) electrons. The maximum atomic E-state index is 12.2. The zero-order valence-corrected chi connectivity index (χ0v) is 15.0. The summed E-state index contributed by atoms with van der Waals surface area (Å²) in [5.41, 5.74) is -0.887. The molecular weight excluding hydrogens is 358 g/mol. The standard InChI is InChI=1S/C13H18ClN5O4S/c1-13(2,20)4-5-23-11-6-10(14)16-12(17-11)18-24(21,22)9-7-15-19(3)8-9/h6-8,20H,4-5H2,1-3H3,(H,16,17,18). The molecule has 9 nitrogen and oxygen atoms in total. The fourth-order valence-corrected chi connectivity index (χ4v) is 2.74. The maximum Gasteiger partial charge on any atom is 0.267 e. The van der Waals surface area contributed by atoms with Crippen molar-refractivity contribution in [2.75, 3.05) is 11.3 Å². The molecule has 0 saturated carbocycles. The van der Waals surface area contributed by atoms with Crippen LogP contribution in [-0.2, 0) is 17.1 Å². The van der Waals surface area contributed by atoms with Crippen molar-refractivity contribution in [1.82, 2.24) is 19.7 Å². The van der Waals surface area contributed by atoms with Gasteiger partial charge in [0.1, 0.15) is 10.0 Å². The van der Waals surface area contributed by atoms with Crippen molar-refractivity contribution in [2.45, 2.75) is 30.8 Å². The molecule has 0 aliphatic heterocycles. The number of halogens is 1. The van der Waals surface area contributed by atoms with E-state index in [1.54, 1.807) is 20.9 Å². The summed E-state index contributed by atoms with van der Waals surface area (Å²) in [7, 11) is -2.28. The van der Waals surface area contributed by atoms with Gasteiger partial charge in [-0.05, 0) is 13.8 Å². The molecule has 0 fully saturated rings. The minimum atomic E-state index is -3.88. The third-order valence-corrected chi connectivity index (χ3v) is 4.33. The number of nitrogens with zero attached hydrogens (tertiary/aromatic N) is 4. The van der Waals surface area contributed by atoms with Gasteiger partial charge >= 0.3 is 0 Å². The molecule has 0 saturated heterocycles. The van der Waals surface area contributed by atoms with Gasteiger partial charge in [0.05, 0.1) is 18.4 Å². The van der Waals surface area contributed by atoms with Gasteiger partial charge in [0, 0.05) is 25.7 Å². The van der Waals surface area contributed by atoms with Gasteiger partial charge in [0.15, 0.2) is 0 Å². The molecule has 0 aromatic carbocycles. The number of sulfonamides is 1. The van der Waals surface area contributed by atoms with Gasteiger partial charge < -0.3 is 9.84 Å². The molecule has 2 heterocycles. The monoisotopic (exact) mass is 375 g/mol. The minimum absolute atomic E-state index is 0.0205. The maximum absolute atomic E-state index is 12.2. The fourth-order valence-electron chi connectivity index (χ4n) is 1.64. The Morgan fingerprint density at radius 1 is 1.42 bits per heavy atom. The highest BCUT2D eigenvalue weighted by Gasteiger charge is 2.19. The number of rotatable bonds is 7. The van der Waals surface area contributed by atoms with Gasteiger partial charge in [0.2, 0.25) is 11.8 Å². The van der Waals surface area contributed by atoms with E-state index in [9.17, 15) is 13.5 Å². The van der Waals surface area contributed by atoms with Crippen molar-refractivity contribution in [3.63, 3.8) is 0 Å². The molecule has 0 spiro atoms. The molecule has 0 aliphatic rings. The van der Waals surface area contributed by atoms with E-state index in [0.29, 0.717) is 6.42 Å². The SMILES string of the molecule is Cn1cc(S(=O)(=O)Nc2nc(Cl)cc(OCCC(C)(C)O)n2)cn1. The van der Waals surface area contributed by atoms with Crippen LogP contribution in [0.15, 0.2) is 23.4 Å². The van der Waals surface area contributed by atoms with Crippen LogP contribution in [0, 0.1) is 0 Å². The lowest BCUT2D eigenvalue weighted by atomic mass is 10.1. The Hall–Kier alpha value is -1.91. The predicted octanol–water partition coefficient (Wildman–Crippen LogP) is 1.20. The normalized spacial score (nSPS) is 12.2. The smallest absolute Gasteiger partial charge is 0.267 e. The lowest BCUT2D eigenvalue weighted by molar-refractivity contribution is 0.0547. The average Bonchev–Trinajstić information content (AvgIpc) is 2.83. The molecule has 2 N–H and O–H groups in total. The zero-order valence-electron chi connectivity index (χ0n) is 13.4. The summed E-state index contributed by atoms with van der Waals surface area (Å²) >= 11 is 5.87. The summed E-state index contributed by atoms with van der Waals surface area (Å²) in [6.07, 6.45) is 2.91. The van der Waals surface area contributed by atoms with Crippen molar-refractivity contribution >= 4 is 27.6 Å². The average molecular weight is 376 g/mol. The molecule has 2 aromatic heterocycles. The number of aliphatic hydroxyl groups is 1. The van der Waals surface area contributed by atoms with Crippen molar-refractivity contribution < 1.29 is 18.3 Å². The van der Waals surface area contributed by atoms with Crippen LogP contribution < -0.4 is 9.46 Å². The first-order valence-corrected chi connectivity index (χ1v) is 8.82. The van der Waals surface area contributed by atoms with Crippen molar-refractivity contribution in [3.8, 4) is 5.88 Å². The molecule has 0 amide bonds. The largest absolute Gasteiger partial charge is 0.477 e. The van der Waals surface area contributed by atoms with Crippen LogP contribution in [-0.4, -0.2) is 45.5 Å². The van der Waals surface area contributed by atoms with E-state index in [-0.39, 0.29) is 28.5 Å². The van der Waals surface area contributed by atoms with Gasteiger partial charge in [-0.3, -0.25) is 4.68 Å². The first-order valence-electron chi connectivity index (χ1n) is 6.96. The minimum Gasteiger partial charge on any atom is -0.477 e. The molecular formula is C13H18ClN5O4S. The van der Waals surface area contributed by atoms with Crippen LogP contribution >= 0.6 is 11.6 Å². The second-order valence-electron chi connectivity index (χ2n) is 5.72. The Morgan fingerprint density at radius 2 is 2.12 bits per heavy atom. The number of nitrogens with one attached hydrogen (secondary N) is 1. The Morgan fingerprint density at radius 3 is 2.71 bits per heavy atom. The lowest BCUT2D eigenvalue weighted by Gasteiger charge is -2.16. The van der Waals surface area contributed by atoms with Crippen LogP contribution in [0.5, 0.6) is 5.88 Å². The highest BCUT2D eigenvalue weighted by molar-refractivity contribution is 7.92. The first kappa shape index (κ1) is 18.4. The number of hydrogen-bond donors (Lipinski definition) is 2. The highest BCUT2D eigenvalue weighted by atomic mass is 35.5. The number of aromatic nitrogens is 4. The van der Waals surface area contributed by atoms with Gasteiger partial charge in [-0.2, -0.15) is 10.1 Å². The third kappa shape index (κ3) is 5.32. The quantitative estimate of drug-likeness (QED) is 0.698. The molecule has 2 aromatic rings. The molecule has 132 valence electrons. The van der Waals surface area contributed by atoms with E-state index >= 15 is 0 Å². The third-order valence-electron chi connectivity index (χ3n) is 2.85. The summed E-state index contributed by atoms with van der Waals surface area (Å²) < 4.78 is 33.4. The topological polar surface area (TPSA) is 119 Å². The van der Waals surface area contributed by atoms with Crippen molar-refractivity contribution in [1.29, 1.82) is 0 Å². The van der Waals surface area contributed by atoms with E-state index in [0.717, 1.165) is 0 Å². The van der Waals surface area contributed by atoms with Crippen LogP contribution in [0.4, 0.5) is 5.95 Å². The number of anilines is 1. The fraction of sp³-hybridized carbons (Fsp3) is 0.462. The summed E-state index contributed by atoms with van der Waals surface area (Å²) in [6.45, 7) is 3.49. The summed E-state index contributed by atoms with van der Waals surface area (Å²) in [6, 6.07) is 1.35.